The molecule has 4 heteroatoms. The summed E-state index contributed by atoms with van der Waals surface area (Å²) in [5.74, 6) is 1.73. The Morgan fingerprint density at radius 2 is 1.72 bits per heavy atom. The van der Waals surface area contributed by atoms with E-state index in [2.05, 4.69) is 12.1 Å². The molecule has 1 fully saturated rings. The number of sulfone groups is 1. The first-order chi connectivity index (χ1) is 11.8. The van der Waals surface area contributed by atoms with Crippen molar-refractivity contribution in [2.24, 2.45) is 11.8 Å². The molecule has 3 nitrogen and oxygen atoms in total. The van der Waals surface area contributed by atoms with E-state index in [4.69, 9.17) is 0 Å². The zero-order chi connectivity index (χ0) is 18.0. The first kappa shape index (κ1) is 18.6. The van der Waals surface area contributed by atoms with Gasteiger partial charge >= 0.3 is 0 Å². The number of Topliss-reactive ketones (excluding diaryl/α,β-unsaturated/α-hetero) is 1. The van der Waals surface area contributed by atoms with Crippen molar-refractivity contribution in [2.45, 2.75) is 70.5 Å². The van der Waals surface area contributed by atoms with Gasteiger partial charge in [0.15, 0.2) is 15.6 Å². The van der Waals surface area contributed by atoms with E-state index in [0.717, 1.165) is 44.1 Å². The van der Waals surface area contributed by atoms with E-state index in [0.29, 0.717) is 24.0 Å². The number of ketones is 1. The fourth-order valence-corrected chi connectivity index (χ4v) is 5.62. The number of hydrogen-bond acceptors (Lipinski definition) is 3. The fraction of sp³-hybridized carbons (Fsp3) is 0.667. The minimum Gasteiger partial charge on any atom is -0.294 e. The van der Waals surface area contributed by atoms with Gasteiger partial charge in [-0.3, -0.25) is 4.79 Å². The van der Waals surface area contributed by atoms with Crippen molar-refractivity contribution in [3.63, 3.8) is 0 Å². The molecule has 1 saturated carbocycles. The minimum atomic E-state index is -2.91. The highest BCUT2D eigenvalue weighted by Gasteiger charge is 2.27. The summed E-state index contributed by atoms with van der Waals surface area (Å²) in [6.45, 7) is 3.57. The molecule has 138 valence electrons. The van der Waals surface area contributed by atoms with Crippen LogP contribution in [0.25, 0.3) is 0 Å². The Morgan fingerprint density at radius 3 is 2.40 bits per heavy atom. The predicted octanol–water partition coefficient (Wildman–Crippen LogP) is 4.38. The van der Waals surface area contributed by atoms with Crippen LogP contribution in [0.1, 0.15) is 73.9 Å². The zero-order valence-electron chi connectivity index (χ0n) is 15.5. The van der Waals surface area contributed by atoms with Crippen molar-refractivity contribution in [1.82, 2.24) is 0 Å². The van der Waals surface area contributed by atoms with Crippen LogP contribution in [-0.2, 0) is 22.7 Å². The number of hydrogen-bond donors (Lipinski definition) is 0. The molecule has 0 bridgehead atoms. The number of carbonyl (C=O) groups is 1. The molecular weight excluding hydrogens is 332 g/mol. The maximum atomic E-state index is 12.1. The molecule has 0 radical (unpaired) electrons. The lowest BCUT2D eigenvalue weighted by atomic mass is 9.80. The molecule has 1 aromatic carbocycles. The van der Waals surface area contributed by atoms with Gasteiger partial charge in [0, 0.05) is 12.0 Å². The van der Waals surface area contributed by atoms with Gasteiger partial charge in [-0.2, -0.15) is 0 Å². The number of carbonyl (C=O) groups excluding carboxylic acids is 1. The Kier molecular flexibility index (Phi) is 5.67. The van der Waals surface area contributed by atoms with Crippen LogP contribution >= 0.6 is 0 Å². The Labute approximate surface area is 152 Å². The third kappa shape index (κ3) is 4.52. The highest BCUT2D eigenvalue weighted by molar-refractivity contribution is 7.91. The maximum absolute atomic E-state index is 12.1. The average Bonchev–Trinajstić information content (AvgIpc) is 2.94. The molecule has 0 saturated heterocycles. The van der Waals surface area contributed by atoms with Crippen LogP contribution in [0.15, 0.2) is 18.2 Å². The molecule has 0 N–H and O–H groups in total. The van der Waals surface area contributed by atoms with Gasteiger partial charge in [-0.05, 0) is 68.9 Å². The molecule has 3 rings (SSSR count). The summed E-state index contributed by atoms with van der Waals surface area (Å²) in [6, 6.07) is 6.34. The molecular formula is C21H30O3S. The molecule has 1 aromatic rings. The third-order valence-corrected chi connectivity index (χ3v) is 8.46. The maximum Gasteiger partial charge on any atom is 0.163 e. The van der Waals surface area contributed by atoms with Crippen LogP contribution in [0.4, 0.5) is 0 Å². The lowest BCUT2D eigenvalue weighted by Crippen LogP contribution is -2.26. The summed E-state index contributed by atoms with van der Waals surface area (Å²) < 4.78 is 24.2. The highest BCUT2D eigenvalue weighted by atomic mass is 32.2. The van der Waals surface area contributed by atoms with Gasteiger partial charge in [0.2, 0.25) is 0 Å². The summed E-state index contributed by atoms with van der Waals surface area (Å²) >= 11 is 0. The quantitative estimate of drug-likeness (QED) is 0.755. The monoisotopic (exact) mass is 362 g/mol. The van der Waals surface area contributed by atoms with Crippen LogP contribution in [0.2, 0.25) is 0 Å². The average molecular weight is 363 g/mol. The van der Waals surface area contributed by atoms with Gasteiger partial charge in [-0.15, -0.1) is 0 Å². The summed E-state index contributed by atoms with van der Waals surface area (Å²) in [5, 5.41) is -0.253. The second-order valence-corrected chi connectivity index (χ2v) is 10.8. The van der Waals surface area contributed by atoms with E-state index >= 15 is 0 Å². The highest BCUT2D eigenvalue weighted by Crippen LogP contribution is 2.33. The second-order valence-electron chi connectivity index (χ2n) is 8.22. The summed E-state index contributed by atoms with van der Waals surface area (Å²) in [7, 11) is -2.91. The summed E-state index contributed by atoms with van der Waals surface area (Å²) in [6.07, 6.45) is 8.23. The van der Waals surface area contributed by atoms with Crippen LogP contribution < -0.4 is 0 Å². The van der Waals surface area contributed by atoms with Gasteiger partial charge in [0.1, 0.15) is 0 Å². The van der Waals surface area contributed by atoms with E-state index in [1.807, 2.05) is 6.07 Å². The largest absolute Gasteiger partial charge is 0.294 e. The Bertz CT molecular complexity index is 726. The topological polar surface area (TPSA) is 51.2 Å². The van der Waals surface area contributed by atoms with E-state index in [1.54, 1.807) is 13.8 Å². The Balaban J connectivity index is 1.46. The Morgan fingerprint density at radius 1 is 1.04 bits per heavy atom. The molecule has 0 atom stereocenters. The van der Waals surface area contributed by atoms with Gasteiger partial charge in [0.25, 0.3) is 0 Å². The molecule has 2 aliphatic carbocycles. The lowest BCUT2D eigenvalue weighted by Gasteiger charge is -2.29. The predicted molar refractivity (Wildman–Crippen MR) is 102 cm³/mol. The second kappa shape index (κ2) is 7.61. The van der Waals surface area contributed by atoms with Crippen molar-refractivity contribution < 1.29 is 13.2 Å². The smallest absolute Gasteiger partial charge is 0.163 e. The van der Waals surface area contributed by atoms with Gasteiger partial charge < -0.3 is 0 Å². The van der Waals surface area contributed by atoms with Crippen LogP contribution in [0.5, 0.6) is 0 Å². The van der Waals surface area contributed by atoms with Crippen LogP contribution in [-0.4, -0.2) is 25.2 Å². The van der Waals surface area contributed by atoms with E-state index in [1.165, 1.54) is 17.5 Å². The van der Waals surface area contributed by atoms with Gasteiger partial charge in [-0.25, -0.2) is 8.42 Å². The van der Waals surface area contributed by atoms with Crippen molar-refractivity contribution in [3.8, 4) is 0 Å². The fourth-order valence-electron chi connectivity index (χ4n) is 4.24. The molecule has 0 heterocycles. The summed E-state index contributed by atoms with van der Waals surface area (Å²) in [5.41, 5.74) is 3.50. The molecule has 25 heavy (non-hydrogen) atoms. The molecule has 0 unspecified atom stereocenters. The van der Waals surface area contributed by atoms with E-state index in [9.17, 15) is 13.2 Å². The SMILES string of the molecule is CC(C)S(=O)(=O)CC1CCC(CCc2ccc3c(c2)CCC3=O)CC1. The molecule has 2 aliphatic rings. The zero-order valence-corrected chi connectivity index (χ0v) is 16.3. The van der Waals surface area contributed by atoms with Crippen LogP contribution in [0.3, 0.4) is 0 Å². The standard InChI is InChI=1S/C21H30O3S/c1-15(2)25(23,24)14-18-7-4-16(5-8-18)3-6-17-9-11-20-19(13-17)10-12-21(20)22/h9,11,13,15-16,18H,3-8,10,12,14H2,1-2H3. The van der Waals surface area contributed by atoms with Crippen molar-refractivity contribution in [1.29, 1.82) is 0 Å². The van der Waals surface area contributed by atoms with Crippen molar-refractivity contribution in [3.05, 3.63) is 34.9 Å². The van der Waals surface area contributed by atoms with Crippen LogP contribution in [0, 0.1) is 11.8 Å². The number of rotatable bonds is 6. The van der Waals surface area contributed by atoms with Crippen molar-refractivity contribution >= 4 is 15.6 Å². The summed E-state index contributed by atoms with van der Waals surface area (Å²) in [4.78, 5) is 11.7. The first-order valence-corrected chi connectivity index (χ1v) is 11.4. The minimum absolute atomic E-state index is 0.253. The van der Waals surface area contributed by atoms with Crippen molar-refractivity contribution in [2.75, 3.05) is 5.75 Å². The normalized spacial score (nSPS) is 23.9. The number of aryl methyl sites for hydroxylation is 2. The third-order valence-electron chi connectivity index (χ3n) is 6.09. The lowest BCUT2D eigenvalue weighted by molar-refractivity contribution is 0.0994. The number of benzene rings is 1. The van der Waals surface area contributed by atoms with Gasteiger partial charge in [0.05, 0.1) is 11.0 Å². The molecule has 0 aliphatic heterocycles. The molecule has 0 amide bonds. The molecule has 0 aromatic heterocycles. The Hall–Kier alpha value is -1.16. The molecule has 0 spiro atoms. The first-order valence-electron chi connectivity index (χ1n) is 9.71. The van der Waals surface area contributed by atoms with Gasteiger partial charge in [-0.1, -0.05) is 31.0 Å². The van der Waals surface area contributed by atoms with E-state index < -0.39 is 9.84 Å². The number of fused-ring (bicyclic) bond motifs is 1. The van der Waals surface area contributed by atoms with E-state index in [-0.39, 0.29) is 11.0 Å².